The number of aromatic amines is 1. The molecule has 0 saturated carbocycles. The molecule has 3 N–H and O–H groups in total. The Hall–Kier alpha value is -1.77. The van der Waals surface area contributed by atoms with Gasteiger partial charge in [0.15, 0.2) is 0 Å². The normalized spacial score (nSPS) is 10.4. The van der Waals surface area contributed by atoms with Crippen molar-refractivity contribution < 1.29 is 0 Å². The predicted octanol–water partition coefficient (Wildman–Crippen LogP) is 1.89. The molecular formula is C11H13N3. The Balaban J connectivity index is 2.28. The lowest BCUT2D eigenvalue weighted by Crippen LogP contribution is -1.95. The van der Waals surface area contributed by atoms with Crippen LogP contribution in [-0.4, -0.2) is 10.2 Å². The van der Waals surface area contributed by atoms with Crippen molar-refractivity contribution in [1.82, 2.24) is 10.2 Å². The lowest BCUT2D eigenvalue weighted by atomic mass is 10.0. The number of aryl methyl sites for hydroxylation is 1. The van der Waals surface area contributed by atoms with Gasteiger partial charge in [-0.1, -0.05) is 24.3 Å². The molecule has 72 valence electrons. The monoisotopic (exact) mass is 187 g/mol. The minimum absolute atomic E-state index is 0.730. The third-order valence-electron chi connectivity index (χ3n) is 2.38. The molecule has 1 aromatic heterocycles. The van der Waals surface area contributed by atoms with E-state index in [1.165, 1.54) is 11.1 Å². The van der Waals surface area contributed by atoms with E-state index in [1.54, 1.807) is 6.20 Å². The van der Waals surface area contributed by atoms with Gasteiger partial charge in [0.25, 0.3) is 0 Å². The van der Waals surface area contributed by atoms with Crippen LogP contribution in [0, 0.1) is 6.92 Å². The summed E-state index contributed by atoms with van der Waals surface area (Å²) in [6, 6.07) is 8.28. The second kappa shape index (κ2) is 3.54. The van der Waals surface area contributed by atoms with Crippen molar-refractivity contribution >= 4 is 5.69 Å². The summed E-state index contributed by atoms with van der Waals surface area (Å²) >= 11 is 0. The van der Waals surface area contributed by atoms with E-state index in [0.29, 0.717) is 0 Å². The van der Waals surface area contributed by atoms with Crippen molar-refractivity contribution in [3.8, 4) is 0 Å². The number of rotatable bonds is 2. The highest BCUT2D eigenvalue weighted by atomic mass is 15.1. The molecule has 1 aromatic carbocycles. The molecule has 0 aliphatic carbocycles. The van der Waals surface area contributed by atoms with Gasteiger partial charge in [0.05, 0.1) is 17.6 Å². The zero-order valence-corrected chi connectivity index (χ0v) is 8.12. The number of benzene rings is 1. The van der Waals surface area contributed by atoms with Crippen LogP contribution in [0.25, 0.3) is 0 Å². The third-order valence-corrected chi connectivity index (χ3v) is 2.38. The Morgan fingerprint density at radius 2 is 2.14 bits per heavy atom. The van der Waals surface area contributed by atoms with Crippen LogP contribution in [0.2, 0.25) is 0 Å². The molecule has 0 saturated heterocycles. The largest absolute Gasteiger partial charge is 0.396 e. The lowest BCUT2D eigenvalue weighted by molar-refractivity contribution is 0.991. The van der Waals surface area contributed by atoms with Crippen LogP contribution in [0.1, 0.15) is 16.8 Å². The average Bonchev–Trinajstić information content (AvgIpc) is 2.56. The maximum atomic E-state index is 5.74. The minimum Gasteiger partial charge on any atom is -0.396 e. The molecule has 0 spiro atoms. The second-order valence-corrected chi connectivity index (χ2v) is 3.41. The summed E-state index contributed by atoms with van der Waals surface area (Å²) in [5.74, 6) is 0. The van der Waals surface area contributed by atoms with E-state index >= 15 is 0 Å². The van der Waals surface area contributed by atoms with Gasteiger partial charge in [0, 0.05) is 6.42 Å². The van der Waals surface area contributed by atoms with Crippen molar-refractivity contribution in [2.45, 2.75) is 13.3 Å². The number of hydrogen-bond donors (Lipinski definition) is 2. The Kier molecular flexibility index (Phi) is 2.23. The molecule has 2 rings (SSSR count). The average molecular weight is 187 g/mol. The summed E-state index contributed by atoms with van der Waals surface area (Å²) in [6.07, 6.45) is 2.46. The van der Waals surface area contributed by atoms with Crippen LogP contribution in [0.5, 0.6) is 0 Å². The number of hydrogen-bond acceptors (Lipinski definition) is 2. The van der Waals surface area contributed by atoms with Gasteiger partial charge >= 0.3 is 0 Å². The van der Waals surface area contributed by atoms with Crippen molar-refractivity contribution in [3.05, 3.63) is 47.3 Å². The topological polar surface area (TPSA) is 54.7 Å². The van der Waals surface area contributed by atoms with Crippen molar-refractivity contribution in [1.29, 1.82) is 0 Å². The maximum absolute atomic E-state index is 5.74. The first-order valence-corrected chi connectivity index (χ1v) is 4.59. The Bertz CT molecular complexity index is 432. The first-order chi connectivity index (χ1) is 6.77. The highest BCUT2D eigenvalue weighted by Gasteiger charge is 2.03. The van der Waals surface area contributed by atoms with E-state index < -0.39 is 0 Å². The van der Waals surface area contributed by atoms with Gasteiger partial charge in [-0.3, -0.25) is 5.10 Å². The Morgan fingerprint density at radius 3 is 2.79 bits per heavy atom. The lowest BCUT2D eigenvalue weighted by Gasteiger charge is -2.03. The van der Waals surface area contributed by atoms with Gasteiger partial charge in [0.2, 0.25) is 0 Å². The van der Waals surface area contributed by atoms with Gasteiger partial charge in [-0.2, -0.15) is 5.10 Å². The molecule has 0 amide bonds. The van der Waals surface area contributed by atoms with Crippen molar-refractivity contribution in [3.63, 3.8) is 0 Å². The van der Waals surface area contributed by atoms with E-state index in [0.717, 1.165) is 17.8 Å². The molecule has 0 aliphatic heterocycles. The molecule has 2 aromatic rings. The van der Waals surface area contributed by atoms with Crippen LogP contribution in [0.3, 0.4) is 0 Å². The smallest absolute Gasteiger partial charge is 0.0733 e. The summed E-state index contributed by atoms with van der Waals surface area (Å²) in [5.41, 5.74) is 10.0. The molecule has 0 fully saturated rings. The van der Waals surface area contributed by atoms with Crippen LogP contribution in [-0.2, 0) is 6.42 Å². The van der Waals surface area contributed by atoms with Gasteiger partial charge in [-0.25, -0.2) is 0 Å². The van der Waals surface area contributed by atoms with E-state index in [9.17, 15) is 0 Å². The predicted molar refractivity (Wildman–Crippen MR) is 57.0 cm³/mol. The fraction of sp³-hybridized carbons (Fsp3) is 0.182. The summed E-state index contributed by atoms with van der Waals surface area (Å²) in [5, 5.41) is 6.80. The Morgan fingerprint density at radius 1 is 1.36 bits per heavy atom. The van der Waals surface area contributed by atoms with Gasteiger partial charge in [-0.15, -0.1) is 0 Å². The SMILES string of the molecule is Cc1ccccc1Cc1[nH]ncc1N. The number of nitrogens with one attached hydrogen (secondary N) is 1. The second-order valence-electron chi connectivity index (χ2n) is 3.41. The third kappa shape index (κ3) is 1.62. The molecule has 14 heavy (non-hydrogen) atoms. The van der Waals surface area contributed by atoms with E-state index in [4.69, 9.17) is 5.73 Å². The van der Waals surface area contributed by atoms with Gasteiger partial charge < -0.3 is 5.73 Å². The number of nitrogens with two attached hydrogens (primary N) is 1. The van der Waals surface area contributed by atoms with Crippen LogP contribution in [0.4, 0.5) is 5.69 Å². The van der Waals surface area contributed by atoms with Crippen LogP contribution in [0.15, 0.2) is 30.5 Å². The molecule has 3 heteroatoms. The fourth-order valence-corrected chi connectivity index (χ4v) is 1.46. The number of aromatic nitrogens is 2. The maximum Gasteiger partial charge on any atom is 0.0733 e. The van der Waals surface area contributed by atoms with Crippen molar-refractivity contribution in [2.75, 3.05) is 5.73 Å². The molecule has 0 radical (unpaired) electrons. The van der Waals surface area contributed by atoms with Crippen molar-refractivity contribution in [2.24, 2.45) is 0 Å². The van der Waals surface area contributed by atoms with Gasteiger partial charge in [0.1, 0.15) is 0 Å². The highest BCUT2D eigenvalue weighted by molar-refractivity contribution is 5.43. The molecule has 0 unspecified atom stereocenters. The molecule has 0 bridgehead atoms. The summed E-state index contributed by atoms with van der Waals surface area (Å²) < 4.78 is 0. The Labute approximate surface area is 83.0 Å². The summed E-state index contributed by atoms with van der Waals surface area (Å²) in [7, 11) is 0. The van der Waals surface area contributed by atoms with E-state index in [1.807, 2.05) is 12.1 Å². The summed E-state index contributed by atoms with van der Waals surface area (Å²) in [4.78, 5) is 0. The molecular weight excluding hydrogens is 174 g/mol. The molecule has 1 heterocycles. The first-order valence-electron chi connectivity index (χ1n) is 4.59. The van der Waals surface area contributed by atoms with Crippen LogP contribution >= 0.6 is 0 Å². The zero-order chi connectivity index (χ0) is 9.97. The van der Waals surface area contributed by atoms with E-state index in [-0.39, 0.29) is 0 Å². The molecule has 0 aliphatic rings. The molecule has 3 nitrogen and oxygen atoms in total. The number of anilines is 1. The number of nitrogen functional groups attached to an aromatic ring is 1. The molecule has 0 atom stereocenters. The van der Waals surface area contributed by atoms with E-state index in [2.05, 4.69) is 29.3 Å². The first kappa shape index (κ1) is 8.81. The standard InChI is InChI=1S/C11H13N3/c1-8-4-2-3-5-9(8)6-11-10(12)7-13-14-11/h2-5,7H,6,12H2,1H3,(H,13,14). The number of nitrogens with zero attached hydrogens (tertiary/aromatic N) is 1. The zero-order valence-electron chi connectivity index (χ0n) is 8.12. The fourth-order valence-electron chi connectivity index (χ4n) is 1.46. The minimum atomic E-state index is 0.730. The number of H-pyrrole nitrogens is 1. The highest BCUT2D eigenvalue weighted by Crippen LogP contribution is 2.15. The quantitative estimate of drug-likeness (QED) is 0.754. The van der Waals surface area contributed by atoms with Gasteiger partial charge in [-0.05, 0) is 18.1 Å². The summed E-state index contributed by atoms with van der Waals surface area (Å²) in [6.45, 7) is 2.10. The van der Waals surface area contributed by atoms with Crippen LogP contribution < -0.4 is 5.73 Å².